The Morgan fingerprint density at radius 1 is 0.941 bits per heavy atom. The summed E-state index contributed by atoms with van der Waals surface area (Å²) in [7, 11) is 0. The number of carbonyl (C=O) groups is 2. The Kier molecular flexibility index (Phi) is 7.63. The van der Waals surface area contributed by atoms with Crippen molar-refractivity contribution in [2.75, 3.05) is 6.54 Å². The number of urea groups is 1. The van der Waals surface area contributed by atoms with E-state index in [0.717, 1.165) is 29.5 Å². The summed E-state index contributed by atoms with van der Waals surface area (Å²) in [5, 5.41) is 6.21. The summed E-state index contributed by atoms with van der Waals surface area (Å²) in [5.74, 6) is -0.241. The molecule has 0 saturated carbocycles. The molecule has 1 aliphatic heterocycles. The molecule has 2 N–H and O–H groups in total. The average Bonchev–Trinajstić information content (AvgIpc) is 2.88. The number of carbonyl (C=O) groups excluding carboxylic acids is 2. The van der Waals surface area contributed by atoms with Crippen molar-refractivity contribution < 1.29 is 9.59 Å². The zero-order valence-electron chi connectivity index (χ0n) is 19.9. The van der Waals surface area contributed by atoms with Crippen molar-refractivity contribution in [3.63, 3.8) is 0 Å². The summed E-state index contributed by atoms with van der Waals surface area (Å²) in [6, 6.07) is 27.9. The third-order valence-corrected chi connectivity index (χ3v) is 6.59. The third kappa shape index (κ3) is 5.84. The first-order valence-corrected chi connectivity index (χ1v) is 12.0. The van der Waals surface area contributed by atoms with E-state index in [-0.39, 0.29) is 29.9 Å². The molecule has 0 spiro atoms. The summed E-state index contributed by atoms with van der Waals surface area (Å²) >= 11 is 0. The first kappa shape index (κ1) is 23.6. The second-order valence-electron chi connectivity index (χ2n) is 9.14. The van der Waals surface area contributed by atoms with Gasteiger partial charge in [0, 0.05) is 13.1 Å². The molecular weight excluding hydrogens is 422 g/mol. The van der Waals surface area contributed by atoms with Crippen LogP contribution in [-0.4, -0.2) is 23.4 Å². The SMILES string of the molecule is Cc1cccc([C@@H]2CC[C@@H](C(=O)N[C@H](C)c3ccccc3)CN2C(=O)NCc2ccccc2)c1. The zero-order chi connectivity index (χ0) is 23.9. The van der Waals surface area contributed by atoms with Crippen LogP contribution in [0, 0.1) is 12.8 Å². The molecule has 176 valence electrons. The predicted octanol–water partition coefficient (Wildman–Crippen LogP) is 5.54. The van der Waals surface area contributed by atoms with Crippen molar-refractivity contribution in [2.24, 2.45) is 5.92 Å². The molecule has 1 aliphatic rings. The lowest BCUT2D eigenvalue weighted by molar-refractivity contribution is -0.127. The van der Waals surface area contributed by atoms with Crippen LogP contribution in [0.4, 0.5) is 4.79 Å². The van der Waals surface area contributed by atoms with Gasteiger partial charge in [-0.25, -0.2) is 4.79 Å². The van der Waals surface area contributed by atoms with Crippen molar-refractivity contribution in [3.05, 3.63) is 107 Å². The number of amides is 3. The van der Waals surface area contributed by atoms with Gasteiger partial charge in [-0.2, -0.15) is 0 Å². The molecule has 5 nitrogen and oxygen atoms in total. The summed E-state index contributed by atoms with van der Waals surface area (Å²) in [6.07, 6.45) is 1.49. The lowest BCUT2D eigenvalue weighted by Gasteiger charge is -2.39. The largest absolute Gasteiger partial charge is 0.349 e. The first-order chi connectivity index (χ1) is 16.5. The van der Waals surface area contributed by atoms with Gasteiger partial charge in [0.25, 0.3) is 0 Å². The number of likely N-dealkylation sites (tertiary alicyclic amines) is 1. The molecule has 0 aliphatic carbocycles. The maximum absolute atomic E-state index is 13.3. The fourth-order valence-corrected chi connectivity index (χ4v) is 4.66. The van der Waals surface area contributed by atoms with E-state index in [1.807, 2.05) is 78.6 Å². The van der Waals surface area contributed by atoms with Crippen LogP contribution in [0.25, 0.3) is 0 Å². The Balaban J connectivity index is 1.48. The number of aryl methyl sites for hydroxylation is 1. The highest BCUT2D eigenvalue weighted by atomic mass is 16.2. The molecule has 1 fully saturated rings. The van der Waals surface area contributed by atoms with Gasteiger partial charge in [-0.05, 0) is 43.4 Å². The van der Waals surface area contributed by atoms with Crippen molar-refractivity contribution in [3.8, 4) is 0 Å². The van der Waals surface area contributed by atoms with Gasteiger partial charge in [-0.15, -0.1) is 0 Å². The summed E-state index contributed by atoms with van der Waals surface area (Å²) in [6.45, 7) is 4.91. The van der Waals surface area contributed by atoms with Crippen LogP contribution in [-0.2, 0) is 11.3 Å². The highest BCUT2D eigenvalue weighted by molar-refractivity contribution is 5.81. The summed E-state index contributed by atoms with van der Waals surface area (Å²) in [4.78, 5) is 28.3. The van der Waals surface area contributed by atoms with Crippen molar-refractivity contribution in [1.82, 2.24) is 15.5 Å². The van der Waals surface area contributed by atoms with Gasteiger partial charge >= 0.3 is 6.03 Å². The highest BCUT2D eigenvalue weighted by Gasteiger charge is 2.36. The van der Waals surface area contributed by atoms with Gasteiger partial charge in [0.15, 0.2) is 0 Å². The number of piperidine rings is 1. The second kappa shape index (κ2) is 11.0. The second-order valence-corrected chi connectivity index (χ2v) is 9.14. The van der Waals surface area contributed by atoms with Crippen molar-refractivity contribution in [2.45, 2.75) is 45.3 Å². The molecule has 3 aromatic carbocycles. The fraction of sp³-hybridized carbons (Fsp3) is 0.310. The third-order valence-electron chi connectivity index (χ3n) is 6.59. The van der Waals surface area contributed by atoms with Crippen LogP contribution in [0.2, 0.25) is 0 Å². The molecule has 3 amide bonds. The van der Waals surface area contributed by atoms with E-state index in [9.17, 15) is 9.59 Å². The predicted molar refractivity (Wildman–Crippen MR) is 135 cm³/mol. The topological polar surface area (TPSA) is 61.4 Å². The molecule has 0 aromatic heterocycles. The van der Waals surface area contributed by atoms with Crippen LogP contribution >= 0.6 is 0 Å². The standard InChI is InChI=1S/C29H33N3O2/c1-21-10-9-15-25(18-21)27-17-16-26(28(33)31-22(2)24-13-7-4-8-14-24)20-32(27)29(34)30-19-23-11-5-3-6-12-23/h3-15,18,22,26-27H,16-17,19-20H2,1-2H3,(H,30,34)(H,31,33)/t22-,26-,27+/m1/s1. The van der Waals surface area contributed by atoms with Gasteiger partial charge in [0.2, 0.25) is 5.91 Å². The molecule has 3 aromatic rings. The van der Waals surface area contributed by atoms with E-state index >= 15 is 0 Å². The molecule has 3 atom stereocenters. The minimum absolute atomic E-state index is 0.0000883. The minimum atomic E-state index is -0.241. The van der Waals surface area contributed by atoms with E-state index in [4.69, 9.17) is 0 Å². The Morgan fingerprint density at radius 3 is 2.35 bits per heavy atom. The van der Waals surface area contributed by atoms with Crippen LogP contribution in [0.3, 0.4) is 0 Å². The smallest absolute Gasteiger partial charge is 0.318 e. The monoisotopic (exact) mass is 455 g/mol. The number of nitrogens with zero attached hydrogens (tertiary/aromatic N) is 1. The Bertz CT molecular complexity index is 1100. The Hall–Kier alpha value is -3.60. The van der Waals surface area contributed by atoms with E-state index in [1.54, 1.807) is 0 Å². The molecule has 0 radical (unpaired) electrons. The van der Waals surface area contributed by atoms with E-state index in [1.165, 1.54) is 5.56 Å². The molecule has 1 saturated heterocycles. The minimum Gasteiger partial charge on any atom is -0.349 e. The van der Waals surface area contributed by atoms with E-state index in [2.05, 4.69) is 35.8 Å². The summed E-state index contributed by atoms with van der Waals surface area (Å²) < 4.78 is 0. The molecular formula is C29H33N3O2. The van der Waals surface area contributed by atoms with E-state index < -0.39 is 0 Å². The van der Waals surface area contributed by atoms with E-state index in [0.29, 0.717) is 13.1 Å². The van der Waals surface area contributed by atoms with Gasteiger partial charge < -0.3 is 15.5 Å². The average molecular weight is 456 g/mol. The van der Waals surface area contributed by atoms with Gasteiger partial charge in [0.1, 0.15) is 0 Å². The van der Waals surface area contributed by atoms with Crippen LogP contribution in [0.15, 0.2) is 84.9 Å². The number of nitrogens with one attached hydrogen (secondary N) is 2. The number of hydrogen-bond acceptors (Lipinski definition) is 2. The quantitative estimate of drug-likeness (QED) is 0.513. The first-order valence-electron chi connectivity index (χ1n) is 12.0. The zero-order valence-corrected chi connectivity index (χ0v) is 19.9. The number of rotatable bonds is 6. The normalized spacial score (nSPS) is 18.7. The van der Waals surface area contributed by atoms with Crippen molar-refractivity contribution in [1.29, 1.82) is 0 Å². The summed E-state index contributed by atoms with van der Waals surface area (Å²) in [5.41, 5.74) is 4.40. The van der Waals surface area contributed by atoms with Gasteiger partial charge in [0.05, 0.1) is 18.0 Å². The van der Waals surface area contributed by atoms with Gasteiger partial charge in [-0.1, -0.05) is 90.5 Å². The number of hydrogen-bond donors (Lipinski definition) is 2. The molecule has 0 bridgehead atoms. The molecule has 0 unspecified atom stereocenters. The van der Waals surface area contributed by atoms with Crippen molar-refractivity contribution >= 4 is 11.9 Å². The molecule has 34 heavy (non-hydrogen) atoms. The maximum atomic E-state index is 13.3. The van der Waals surface area contributed by atoms with Crippen LogP contribution < -0.4 is 10.6 Å². The number of benzene rings is 3. The molecule has 1 heterocycles. The lowest BCUT2D eigenvalue weighted by Crippen LogP contribution is -2.50. The lowest BCUT2D eigenvalue weighted by atomic mass is 9.88. The van der Waals surface area contributed by atoms with Crippen LogP contribution in [0.5, 0.6) is 0 Å². The van der Waals surface area contributed by atoms with Gasteiger partial charge in [-0.3, -0.25) is 4.79 Å². The highest BCUT2D eigenvalue weighted by Crippen LogP contribution is 2.34. The fourth-order valence-electron chi connectivity index (χ4n) is 4.66. The van der Waals surface area contributed by atoms with Crippen LogP contribution in [0.1, 0.15) is 54.1 Å². The molecule has 5 heteroatoms. The maximum Gasteiger partial charge on any atom is 0.318 e. The molecule has 4 rings (SSSR count). The Morgan fingerprint density at radius 2 is 1.65 bits per heavy atom. The Labute approximate surface area is 202 Å².